The molecule has 4 rings (SSSR count). The molecule has 2 nitrogen and oxygen atoms in total. The molecular formula is C15H27NOS. The molecule has 4 bridgehead atoms. The molecule has 104 valence electrons. The largest absolute Gasteiger partial charge is 0.326 e. The van der Waals surface area contributed by atoms with Gasteiger partial charge in [0.15, 0.2) is 0 Å². The van der Waals surface area contributed by atoms with Gasteiger partial charge < -0.3 is 5.73 Å². The van der Waals surface area contributed by atoms with Gasteiger partial charge >= 0.3 is 0 Å². The number of nitrogens with two attached hydrogens (primary N) is 1. The Bertz CT molecular complexity index is 317. The van der Waals surface area contributed by atoms with Crippen molar-refractivity contribution in [1.29, 1.82) is 0 Å². The van der Waals surface area contributed by atoms with Crippen LogP contribution < -0.4 is 5.73 Å². The van der Waals surface area contributed by atoms with Gasteiger partial charge in [0.25, 0.3) is 0 Å². The maximum absolute atomic E-state index is 12.1. The molecule has 4 aliphatic rings. The fourth-order valence-corrected chi connectivity index (χ4v) is 6.27. The highest BCUT2D eigenvalue weighted by Gasteiger charge is 2.53. The predicted octanol–water partition coefficient (Wildman–Crippen LogP) is 2.69. The minimum atomic E-state index is -0.740. The lowest BCUT2D eigenvalue weighted by Crippen LogP contribution is -2.56. The first-order valence-electron chi connectivity index (χ1n) is 7.61. The number of hydrogen-bond donors (Lipinski definition) is 1. The normalized spacial score (nSPS) is 45.4. The van der Waals surface area contributed by atoms with Crippen LogP contribution in [-0.4, -0.2) is 21.3 Å². The molecule has 4 saturated carbocycles. The summed E-state index contributed by atoms with van der Waals surface area (Å²) in [4.78, 5) is 0. The first kappa shape index (κ1) is 13.1. The van der Waals surface area contributed by atoms with Gasteiger partial charge in [-0.3, -0.25) is 4.21 Å². The molecule has 0 aromatic carbocycles. The van der Waals surface area contributed by atoms with Crippen LogP contribution in [0.25, 0.3) is 0 Å². The van der Waals surface area contributed by atoms with Crippen LogP contribution in [0.3, 0.4) is 0 Å². The molecule has 18 heavy (non-hydrogen) atoms. The summed E-state index contributed by atoms with van der Waals surface area (Å²) in [6.07, 6.45) is 8.36. The van der Waals surface area contributed by atoms with Crippen molar-refractivity contribution in [2.75, 3.05) is 5.75 Å². The van der Waals surface area contributed by atoms with Crippen LogP contribution in [0, 0.1) is 23.2 Å². The molecule has 2 unspecified atom stereocenters. The topological polar surface area (TPSA) is 43.1 Å². The third-order valence-corrected chi connectivity index (χ3v) is 7.48. The minimum absolute atomic E-state index is 0.175. The van der Waals surface area contributed by atoms with E-state index in [0.717, 1.165) is 23.5 Å². The van der Waals surface area contributed by atoms with E-state index < -0.39 is 10.8 Å². The molecule has 0 aliphatic heterocycles. The third-order valence-electron chi connectivity index (χ3n) is 5.74. The van der Waals surface area contributed by atoms with E-state index in [1.54, 1.807) is 0 Å². The van der Waals surface area contributed by atoms with E-state index in [9.17, 15) is 4.21 Å². The van der Waals surface area contributed by atoms with Gasteiger partial charge in [0.05, 0.1) is 0 Å². The van der Waals surface area contributed by atoms with Crippen LogP contribution in [-0.2, 0) is 10.8 Å². The smallest absolute Gasteiger partial charge is 0.0394 e. The Labute approximate surface area is 114 Å². The summed E-state index contributed by atoms with van der Waals surface area (Å²) >= 11 is 0. The van der Waals surface area contributed by atoms with Crippen LogP contribution >= 0.6 is 0 Å². The molecule has 2 N–H and O–H groups in total. The van der Waals surface area contributed by atoms with E-state index >= 15 is 0 Å². The molecule has 4 aliphatic carbocycles. The van der Waals surface area contributed by atoms with E-state index in [4.69, 9.17) is 5.73 Å². The van der Waals surface area contributed by atoms with Crippen molar-refractivity contribution >= 4 is 10.8 Å². The molecule has 0 heterocycles. The lowest BCUT2D eigenvalue weighted by atomic mass is 9.48. The highest BCUT2D eigenvalue weighted by molar-refractivity contribution is 7.85. The number of rotatable bonds is 4. The van der Waals surface area contributed by atoms with Gasteiger partial charge in [-0.1, -0.05) is 13.8 Å². The Kier molecular flexibility index (Phi) is 3.34. The summed E-state index contributed by atoms with van der Waals surface area (Å²) in [6.45, 7) is 4.09. The quantitative estimate of drug-likeness (QED) is 0.852. The standard InChI is InChI=1S/C15H27NOS/c1-10(2)18(17)9-14(16)15-6-11-3-12(7-15)5-13(4-11)8-15/h10-14H,3-9,16H2,1-2H3. The lowest BCUT2D eigenvalue weighted by Gasteiger charge is -2.59. The van der Waals surface area contributed by atoms with Crippen LogP contribution in [0.2, 0.25) is 0 Å². The van der Waals surface area contributed by atoms with E-state index in [-0.39, 0.29) is 11.3 Å². The van der Waals surface area contributed by atoms with Crippen molar-refractivity contribution in [3.63, 3.8) is 0 Å². The Morgan fingerprint density at radius 1 is 1.11 bits per heavy atom. The van der Waals surface area contributed by atoms with Crippen molar-refractivity contribution in [3.8, 4) is 0 Å². The summed E-state index contributed by atoms with van der Waals surface area (Å²) in [7, 11) is -0.740. The zero-order chi connectivity index (χ0) is 12.9. The first-order chi connectivity index (χ1) is 8.48. The second kappa shape index (κ2) is 4.59. The molecule has 4 fully saturated rings. The first-order valence-corrected chi connectivity index (χ1v) is 8.99. The SMILES string of the molecule is CC(C)S(=O)CC(N)C12CC3CC(CC(C3)C1)C2. The fraction of sp³-hybridized carbons (Fsp3) is 1.00. The Balaban J connectivity index is 1.73. The summed E-state index contributed by atoms with van der Waals surface area (Å²) in [5, 5.41) is 0.255. The third kappa shape index (κ3) is 2.18. The Morgan fingerprint density at radius 3 is 1.94 bits per heavy atom. The molecule has 0 aromatic heterocycles. The molecule has 3 heteroatoms. The van der Waals surface area contributed by atoms with Crippen LogP contribution in [0.1, 0.15) is 52.4 Å². The van der Waals surface area contributed by atoms with E-state index in [1.807, 2.05) is 13.8 Å². The van der Waals surface area contributed by atoms with Gasteiger partial charge in [0.2, 0.25) is 0 Å². The molecule has 0 amide bonds. The number of hydrogen-bond acceptors (Lipinski definition) is 2. The maximum atomic E-state index is 12.1. The molecule has 0 spiro atoms. The van der Waals surface area contributed by atoms with Crippen LogP contribution in [0.4, 0.5) is 0 Å². The van der Waals surface area contributed by atoms with E-state index in [2.05, 4.69) is 0 Å². The predicted molar refractivity (Wildman–Crippen MR) is 76.7 cm³/mol. The van der Waals surface area contributed by atoms with Gasteiger partial charge in [-0.15, -0.1) is 0 Å². The Morgan fingerprint density at radius 2 is 1.56 bits per heavy atom. The van der Waals surface area contributed by atoms with Crippen LogP contribution in [0.5, 0.6) is 0 Å². The molecular weight excluding hydrogens is 242 g/mol. The second-order valence-corrected chi connectivity index (χ2v) is 9.52. The monoisotopic (exact) mass is 269 g/mol. The van der Waals surface area contributed by atoms with Crippen molar-refractivity contribution in [1.82, 2.24) is 0 Å². The summed E-state index contributed by atoms with van der Waals surface area (Å²) in [6, 6.07) is 0.175. The summed E-state index contributed by atoms with van der Waals surface area (Å²) in [5.41, 5.74) is 6.88. The van der Waals surface area contributed by atoms with Gasteiger partial charge in [-0.2, -0.15) is 0 Å². The minimum Gasteiger partial charge on any atom is -0.326 e. The van der Waals surface area contributed by atoms with Crippen LogP contribution in [0.15, 0.2) is 0 Å². The molecule has 2 atom stereocenters. The van der Waals surface area contributed by atoms with Crippen molar-refractivity contribution in [2.45, 2.75) is 63.7 Å². The maximum Gasteiger partial charge on any atom is 0.0394 e. The average molecular weight is 269 g/mol. The van der Waals surface area contributed by atoms with Gasteiger partial charge in [0.1, 0.15) is 0 Å². The van der Waals surface area contributed by atoms with E-state index in [1.165, 1.54) is 38.5 Å². The second-order valence-electron chi connectivity index (χ2n) is 7.48. The zero-order valence-corrected chi connectivity index (χ0v) is 12.5. The van der Waals surface area contributed by atoms with Gasteiger partial charge in [-0.05, 0) is 61.7 Å². The summed E-state index contributed by atoms with van der Waals surface area (Å²) < 4.78 is 12.1. The van der Waals surface area contributed by atoms with Crippen molar-refractivity contribution in [3.05, 3.63) is 0 Å². The summed E-state index contributed by atoms with van der Waals surface area (Å²) in [5.74, 6) is 3.54. The Hall–Kier alpha value is 0.110. The highest BCUT2D eigenvalue weighted by atomic mass is 32.2. The fourth-order valence-electron chi connectivity index (χ4n) is 5.18. The highest BCUT2D eigenvalue weighted by Crippen LogP contribution is 2.61. The molecule has 0 aromatic rings. The average Bonchev–Trinajstić information content (AvgIpc) is 2.26. The molecule has 0 saturated heterocycles. The zero-order valence-electron chi connectivity index (χ0n) is 11.7. The van der Waals surface area contributed by atoms with Gasteiger partial charge in [0, 0.05) is 27.8 Å². The van der Waals surface area contributed by atoms with Gasteiger partial charge in [-0.25, -0.2) is 0 Å². The molecule has 0 radical (unpaired) electrons. The lowest BCUT2D eigenvalue weighted by molar-refractivity contribution is -0.0630. The van der Waals surface area contributed by atoms with E-state index in [0.29, 0.717) is 5.41 Å². The van der Waals surface area contributed by atoms with Crippen molar-refractivity contribution in [2.24, 2.45) is 28.9 Å². The van der Waals surface area contributed by atoms with Crippen molar-refractivity contribution < 1.29 is 4.21 Å².